The number of alkyl halides is 1. The third-order valence-electron chi connectivity index (χ3n) is 6.97. The van der Waals surface area contributed by atoms with Crippen LogP contribution in [0.1, 0.15) is 62.8 Å². The predicted octanol–water partition coefficient (Wildman–Crippen LogP) is 2.67. The average molecular weight is 562 g/mol. The standard InChI is InChI=1S/C29H40FN3O7/c1-18(2)27-20(10-13-34)8-9-25(36)31-11-4-6-19(3)14-22(35)15-21(30)16-26-32-23(17-39-26)28(37)33-12-5-7-24(33)29(38)40-27/h4,6,8-9,14,17-18,20-22,24,27,34-35H,5,7,10-13,15-16H2,1-3H3,(H,31,36)/b6-4?,9-8+,19-14?. The van der Waals surface area contributed by atoms with Crippen molar-refractivity contribution >= 4 is 17.8 Å². The van der Waals surface area contributed by atoms with Crippen LogP contribution in [0.3, 0.4) is 0 Å². The number of cyclic esters (lactones) is 1. The molecule has 11 heteroatoms. The van der Waals surface area contributed by atoms with Gasteiger partial charge in [0.2, 0.25) is 5.91 Å². The second-order valence-electron chi connectivity index (χ2n) is 10.6. The lowest BCUT2D eigenvalue weighted by atomic mass is 9.90. The number of rotatable bonds is 3. The molecule has 0 aromatic carbocycles. The number of carbonyl (C=O) groups is 3. The van der Waals surface area contributed by atoms with E-state index in [2.05, 4.69) is 10.3 Å². The molecule has 0 aliphatic carbocycles. The molecule has 0 radical (unpaired) electrons. The molecule has 220 valence electrons. The lowest BCUT2D eigenvalue weighted by Gasteiger charge is -2.30. The molecule has 2 bridgehead atoms. The van der Waals surface area contributed by atoms with Gasteiger partial charge in [-0.3, -0.25) is 9.59 Å². The van der Waals surface area contributed by atoms with E-state index in [0.717, 1.165) is 6.26 Å². The summed E-state index contributed by atoms with van der Waals surface area (Å²) in [5.41, 5.74) is 0.658. The van der Waals surface area contributed by atoms with E-state index in [-0.39, 0.29) is 55.8 Å². The van der Waals surface area contributed by atoms with Crippen LogP contribution in [0, 0.1) is 11.8 Å². The number of oxazole rings is 1. The molecule has 3 heterocycles. The van der Waals surface area contributed by atoms with Crippen molar-refractivity contribution in [2.75, 3.05) is 19.7 Å². The number of nitrogens with zero attached hydrogens (tertiary/aromatic N) is 2. The van der Waals surface area contributed by atoms with E-state index >= 15 is 0 Å². The summed E-state index contributed by atoms with van der Waals surface area (Å²) in [6, 6.07) is -0.830. The van der Waals surface area contributed by atoms with Crippen LogP contribution in [0.5, 0.6) is 0 Å². The van der Waals surface area contributed by atoms with Gasteiger partial charge in [0.1, 0.15) is 24.6 Å². The number of aromatic nitrogens is 1. The minimum atomic E-state index is -1.47. The monoisotopic (exact) mass is 561 g/mol. The predicted molar refractivity (Wildman–Crippen MR) is 145 cm³/mol. The Morgan fingerprint density at radius 2 is 2.02 bits per heavy atom. The molecule has 3 rings (SSSR count). The summed E-state index contributed by atoms with van der Waals surface area (Å²) in [4.78, 5) is 44.5. The van der Waals surface area contributed by atoms with Gasteiger partial charge in [-0.1, -0.05) is 43.7 Å². The molecule has 10 nitrogen and oxygen atoms in total. The van der Waals surface area contributed by atoms with Crippen LogP contribution in [0.15, 0.2) is 46.6 Å². The van der Waals surface area contributed by atoms with Crippen molar-refractivity contribution in [1.82, 2.24) is 15.2 Å². The van der Waals surface area contributed by atoms with Gasteiger partial charge in [-0.15, -0.1) is 0 Å². The van der Waals surface area contributed by atoms with Gasteiger partial charge in [0, 0.05) is 32.0 Å². The highest BCUT2D eigenvalue weighted by Gasteiger charge is 2.39. The number of amides is 2. The molecule has 1 fully saturated rings. The number of allylic oxidation sites excluding steroid dienone is 2. The molecular formula is C29H40FN3O7. The zero-order valence-corrected chi connectivity index (χ0v) is 23.3. The first-order chi connectivity index (χ1) is 19.1. The largest absolute Gasteiger partial charge is 0.460 e. The van der Waals surface area contributed by atoms with E-state index in [1.54, 1.807) is 25.2 Å². The van der Waals surface area contributed by atoms with Crippen molar-refractivity contribution in [2.45, 2.75) is 77.3 Å². The van der Waals surface area contributed by atoms with Gasteiger partial charge < -0.3 is 29.6 Å². The third kappa shape index (κ3) is 8.85. The number of fused-ring (bicyclic) bond motifs is 3. The van der Waals surface area contributed by atoms with E-state index in [0.29, 0.717) is 25.0 Å². The zero-order chi connectivity index (χ0) is 29.2. The summed E-state index contributed by atoms with van der Waals surface area (Å²) in [6.45, 7) is 5.90. The van der Waals surface area contributed by atoms with Gasteiger partial charge in [-0.25, -0.2) is 14.2 Å². The Balaban J connectivity index is 1.89. The quantitative estimate of drug-likeness (QED) is 0.478. The highest BCUT2D eigenvalue weighted by atomic mass is 19.1. The van der Waals surface area contributed by atoms with Gasteiger partial charge in [0.25, 0.3) is 5.91 Å². The molecule has 0 saturated carbocycles. The van der Waals surface area contributed by atoms with Crippen LogP contribution in [0.2, 0.25) is 0 Å². The second-order valence-corrected chi connectivity index (χ2v) is 10.6. The summed E-state index contributed by atoms with van der Waals surface area (Å²) in [6.07, 6.45) is 6.77. The molecule has 1 aromatic heterocycles. The number of hydrogen-bond donors (Lipinski definition) is 3. The molecule has 3 N–H and O–H groups in total. The molecule has 5 atom stereocenters. The number of nitrogens with one attached hydrogen (secondary N) is 1. The molecule has 1 saturated heterocycles. The molecular weight excluding hydrogens is 521 g/mol. The van der Waals surface area contributed by atoms with Gasteiger partial charge in [0.15, 0.2) is 11.6 Å². The van der Waals surface area contributed by atoms with Gasteiger partial charge >= 0.3 is 5.97 Å². The fourth-order valence-electron chi connectivity index (χ4n) is 4.99. The van der Waals surface area contributed by atoms with Crippen LogP contribution < -0.4 is 5.32 Å². The Kier molecular flexibility index (Phi) is 11.6. The maximum atomic E-state index is 14.6. The Hall–Kier alpha value is -3.31. The number of halogens is 1. The van der Waals surface area contributed by atoms with Crippen molar-refractivity contribution in [2.24, 2.45) is 11.8 Å². The Morgan fingerprint density at radius 1 is 1.25 bits per heavy atom. The summed E-state index contributed by atoms with van der Waals surface area (Å²) >= 11 is 0. The van der Waals surface area contributed by atoms with Gasteiger partial charge in [0.05, 0.1) is 12.5 Å². The minimum absolute atomic E-state index is 0.0228. The number of carbonyl (C=O) groups excluding carboxylic acids is 3. The Bertz CT molecular complexity index is 1110. The maximum Gasteiger partial charge on any atom is 0.329 e. The number of esters is 1. The summed E-state index contributed by atoms with van der Waals surface area (Å²) < 4.78 is 25.9. The highest BCUT2D eigenvalue weighted by Crippen LogP contribution is 2.27. The van der Waals surface area contributed by atoms with E-state index in [9.17, 15) is 29.0 Å². The van der Waals surface area contributed by atoms with Crippen molar-refractivity contribution in [3.8, 4) is 0 Å². The minimum Gasteiger partial charge on any atom is -0.460 e. The smallest absolute Gasteiger partial charge is 0.329 e. The summed E-state index contributed by atoms with van der Waals surface area (Å²) in [5.74, 6) is -1.99. The van der Waals surface area contributed by atoms with Crippen LogP contribution in [0.25, 0.3) is 0 Å². The Morgan fingerprint density at radius 3 is 2.75 bits per heavy atom. The average Bonchev–Trinajstić information content (AvgIpc) is 3.56. The van der Waals surface area contributed by atoms with Crippen LogP contribution in [-0.2, 0) is 20.7 Å². The van der Waals surface area contributed by atoms with Crippen LogP contribution >= 0.6 is 0 Å². The fourth-order valence-corrected chi connectivity index (χ4v) is 4.99. The highest BCUT2D eigenvalue weighted by molar-refractivity contribution is 5.95. The van der Waals surface area contributed by atoms with E-state index < -0.39 is 42.2 Å². The molecule has 40 heavy (non-hydrogen) atoms. The van der Waals surface area contributed by atoms with Crippen molar-refractivity contribution < 1.29 is 38.1 Å². The molecule has 5 unspecified atom stereocenters. The molecule has 2 aliphatic heterocycles. The second kappa shape index (κ2) is 14.9. The summed E-state index contributed by atoms with van der Waals surface area (Å²) in [5, 5.41) is 22.6. The summed E-state index contributed by atoms with van der Waals surface area (Å²) in [7, 11) is 0. The number of hydrogen-bond acceptors (Lipinski definition) is 8. The molecule has 2 amide bonds. The fraction of sp³-hybridized carbons (Fsp3) is 0.586. The van der Waals surface area contributed by atoms with Gasteiger partial charge in [-0.2, -0.15) is 0 Å². The maximum absolute atomic E-state index is 14.6. The van der Waals surface area contributed by atoms with Crippen molar-refractivity contribution in [1.29, 1.82) is 0 Å². The zero-order valence-electron chi connectivity index (χ0n) is 23.3. The number of ether oxygens (including phenoxy) is 1. The number of aliphatic hydroxyl groups excluding tert-OH is 2. The third-order valence-corrected chi connectivity index (χ3v) is 6.97. The first-order valence-electron chi connectivity index (χ1n) is 13.8. The first kappa shape index (κ1) is 31.2. The number of aliphatic hydroxyl groups is 2. The van der Waals surface area contributed by atoms with Crippen molar-refractivity contribution in [3.63, 3.8) is 0 Å². The van der Waals surface area contributed by atoms with E-state index in [1.807, 2.05) is 13.8 Å². The first-order valence-corrected chi connectivity index (χ1v) is 13.8. The van der Waals surface area contributed by atoms with E-state index in [4.69, 9.17) is 9.15 Å². The van der Waals surface area contributed by atoms with Crippen LogP contribution in [0.4, 0.5) is 4.39 Å². The molecule has 2 aliphatic rings. The van der Waals surface area contributed by atoms with Crippen LogP contribution in [-0.4, -0.2) is 82.0 Å². The Labute approximate surface area is 234 Å². The molecule has 1 aromatic rings. The lowest BCUT2D eigenvalue weighted by Crippen LogP contribution is -2.44. The topological polar surface area (TPSA) is 142 Å². The van der Waals surface area contributed by atoms with Crippen molar-refractivity contribution in [3.05, 3.63) is 53.8 Å². The van der Waals surface area contributed by atoms with E-state index in [1.165, 1.54) is 17.1 Å². The molecule has 0 spiro atoms. The normalized spacial score (nSPS) is 28.6. The SMILES string of the molecule is CC1=CC(O)CC(F)Cc2nc(co2)C(=O)N2CCCC2C(=O)OC(C(C)C)C(CCO)/C=C/C(=O)NCC=C1. The van der Waals surface area contributed by atoms with Gasteiger partial charge in [-0.05, 0) is 38.2 Å². The lowest BCUT2D eigenvalue weighted by molar-refractivity contribution is -0.158.